The minimum Gasteiger partial charge on any atom is -0.507 e. The molecule has 0 spiro atoms. The molecule has 2 aromatic rings. The first-order valence-electron chi connectivity index (χ1n) is 10.6. The summed E-state index contributed by atoms with van der Waals surface area (Å²) in [7, 11) is 0. The number of Topliss-reactive ketones (excluding diaryl/α,β-unsaturated/α-hetero) is 1. The topological polar surface area (TPSA) is 70.1 Å². The lowest BCUT2D eigenvalue weighted by atomic mass is 9.95. The number of hydrogen-bond donors (Lipinski definition) is 1. The van der Waals surface area contributed by atoms with Gasteiger partial charge in [0.1, 0.15) is 11.6 Å². The highest BCUT2D eigenvalue weighted by atomic mass is 35.5. The van der Waals surface area contributed by atoms with Gasteiger partial charge < -0.3 is 14.7 Å². The van der Waals surface area contributed by atoms with Crippen molar-refractivity contribution in [1.29, 1.82) is 0 Å². The molecule has 0 unspecified atom stereocenters. The molecule has 32 heavy (non-hydrogen) atoms. The monoisotopic (exact) mass is 458 g/mol. The van der Waals surface area contributed by atoms with Crippen molar-refractivity contribution < 1.29 is 23.8 Å². The van der Waals surface area contributed by atoms with Gasteiger partial charge in [-0.25, -0.2) is 4.39 Å². The van der Waals surface area contributed by atoms with Crippen molar-refractivity contribution in [1.82, 2.24) is 9.80 Å². The number of aliphatic hydroxyl groups is 1. The number of rotatable bonds is 6. The van der Waals surface area contributed by atoms with Crippen LogP contribution in [0.15, 0.2) is 54.1 Å². The fourth-order valence-corrected chi connectivity index (χ4v) is 4.31. The highest BCUT2D eigenvalue weighted by Crippen LogP contribution is 2.39. The maximum absolute atomic E-state index is 14.0. The Morgan fingerprint density at radius 2 is 1.81 bits per heavy atom. The van der Waals surface area contributed by atoms with Gasteiger partial charge in [0, 0.05) is 36.8 Å². The van der Waals surface area contributed by atoms with Crippen LogP contribution in [-0.4, -0.2) is 66.0 Å². The number of ether oxygens (including phenoxy) is 1. The summed E-state index contributed by atoms with van der Waals surface area (Å²) in [6, 6.07) is 11.2. The molecule has 6 nitrogen and oxygen atoms in total. The zero-order valence-corrected chi connectivity index (χ0v) is 18.2. The minimum atomic E-state index is -0.869. The number of hydrogen-bond acceptors (Lipinski definition) is 5. The number of halogens is 2. The van der Waals surface area contributed by atoms with E-state index in [1.54, 1.807) is 30.3 Å². The van der Waals surface area contributed by atoms with E-state index in [4.69, 9.17) is 16.3 Å². The third-order valence-electron chi connectivity index (χ3n) is 5.80. The van der Waals surface area contributed by atoms with Crippen LogP contribution in [0.2, 0.25) is 5.02 Å². The maximum atomic E-state index is 14.0. The number of likely N-dealkylation sites (tertiary alicyclic amines) is 1. The van der Waals surface area contributed by atoms with Gasteiger partial charge >= 0.3 is 0 Å². The number of aliphatic hydroxyl groups excluding tert-OH is 1. The maximum Gasteiger partial charge on any atom is 0.295 e. The van der Waals surface area contributed by atoms with E-state index in [-0.39, 0.29) is 11.3 Å². The summed E-state index contributed by atoms with van der Waals surface area (Å²) < 4.78 is 19.4. The van der Waals surface area contributed by atoms with Crippen LogP contribution < -0.4 is 0 Å². The SMILES string of the molecule is O=C1C(=O)N(CCCN2CCOCC2)[C@H](c2cccc(F)c2)C1=C(O)c1ccc(Cl)cc1. The van der Waals surface area contributed by atoms with Gasteiger partial charge in [0.25, 0.3) is 11.7 Å². The third kappa shape index (κ3) is 4.70. The van der Waals surface area contributed by atoms with Gasteiger partial charge in [-0.05, 0) is 48.4 Å². The minimum absolute atomic E-state index is 0.0469. The Morgan fingerprint density at radius 3 is 2.50 bits per heavy atom. The lowest BCUT2D eigenvalue weighted by molar-refractivity contribution is -0.140. The van der Waals surface area contributed by atoms with Gasteiger partial charge in [-0.15, -0.1) is 0 Å². The van der Waals surface area contributed by atoms with E-state index in [1.807, 2.05) is 0 Å². The van der Waals surface area contributed by atoms with Crippen LogP contribution in [0.25, 0.3) is 5.76 Å². The van der Waals surface area contributed by atoms with Gasteiger partial charge in [0.05, 0.1) is 24.8 Å². The van der Waals surface area contributed by atoms with E-state index in [1.165, 1.54) is 23.1 Å². The highest BCUT2D eigenvalue weighted by Gasteiger charge is 2.45. The average Bonchev–Trinajstić information content (AvgIpc) is 3.05. The second-order valence-corrected chi connectivity index (χ2v) is 8.30. The van der Waals surface area contributed by atoms with Crippen LogP contribution in [-0.2, 0) is 14.3 Å². The van der Waals surface area contributed by atoms with Gasteiger partial charge in [0.2, 0.25) is 0 Å². The van der Waals surface area contributed by atoms with Crippen LogP contribution in [0, 0.1) is 5.82 Å². The van der Waals surface area contributed by atoms with Gasteiger partial charge in [-0.1, -0.05) is 23.7 Å². The van der Waals surface area contributed by atoms with Crippen molar-refractivity contribution in [2.24, 2.45) is 0 Å². The predicted octanol–water partition coefficient (Wildman–Crippen LogP) is 3.62. The van der Waals surface area contributed by atoms with Crippen molar-refractivity contribution in [3.8, 4) is 0 Å². The molecule has 2 heterocycles. The molecule has 0 aromatic heterocycles. The lowest BCUT2D eigenvalue weighted by Crippen LogP contribution is -2.39. The second-order valence-electron chi connectivity index (χ2n) is 7.86. The number of amides is 1. The molecule has 2 fully saturated rings. The van der Waals surface area contributed by atoms with Crippen LogP contribution >= 0.6 is 11.6 Å². The first-order chi connectivity index (χ1) is 15.5. The Morgan fingerprint density at radius 1 is 1.09 bits per heavy atom. The summed E-state index contributed by atoms with van der Waals surface area (Å²) in [4.78, 5) is 29.6. The zero-order chi connectivity index (χ0) is 22.7. The molecule has 2 aliphatic rings. The van der Waals surface area contributed by atoms with E-state index in [0.29, 0.717) is 42.3 Å². The van der Waals surface area contributed by atoms with E-state index < -0.39 is 23.5 Å². The molecule has 1 N–H and O–H groups in total. The molecular formula is C24H24ClFN2O4. The molecule has 0 saturated carbocycles. The third-order valence-corrected chi connectivity index (χ3v) is 6.05. The quantitative estimate of drug-likeness (QED) is 0.407. The zero-order valence-electron chi connectivity index (χ0n) is 17.5. The average molecular weight is 459 g/mol. The summed E-state index contributed by atoms with van der Waals surface area (Å²) in [5.74, 6) is -2.26. The van der Waals surface area contributed by atoms with Crippen LogP contribution in [0.3, 0.4) is 0 Å². The summed E-state index contributed by atoms with van der Waals surface area (Å²) in [6.07, 6.45) is 0.639. The summed E-state index contributed by atoms with van der Waals surface area (Å²) >= 11 is 5.93. The summed E-state index contributed by atoms with van der Waals surface area (Å²) in [5.41, 5.74) is 0.752. The molecule has 168 valence electrons. The van der Waals surface area contributed by atoms with Crippen molar-refractivity contribution in [2.75, 3.05) is 39.4 Å². The van der Waals surface area contributed by atoms with Gasteiger partial charge in [-0.2, -0.15) is 0 Å². The Balaban J connectivity index is 1.67. The molecule has 1 atom stereocenters. The molecule has 1 amide bonds. The fourth-order valence-electron chi connectivity index (χ4n) is 4.19. The molecule has 2 aliphatic heterocycles. The molecule has 8 heteroatoms. The highest BCUT2D eigenvalue weighted by molar-refractivity contribution is 6.46. The Bertz CT molecular complexity index is 1030. The second kappa shape index (κ2) is 9.81. The Labute approximate surface area is 190 Å². The van der Waals surface area contributed by atoms with Crippen molar-refractivity contribution in [2.45, 2.75) is 12.5 Å². The predicted molar refractivity (Wildman–Crippen MR) is 119 cm³/mol. The molecule has 4 rings (SSSR count). The molecular weight excluding hydrogens is 435 g/mol. The Kier molecular flexibility index (Phi) is 6.89. The van der Waals surface area contributed by atoms with E-state index in [2.05, 4.69) is 4.90 Å². The van der Waals surface area contributed by atoms with E-state index >= 15 is 0 Å². The van der Waals surface area contributed by atoms with Crippen molar-refractivity contribution >= 4 is 29.1 Å². The number of nitrogens with zero attached hydrogens (tertiary/aromatic N) is 2. The number of carbonyl (C=O) groups is 2. The van der Waals surface area contributed by atoms with Gasteiger partial charge in [-0.3, -0.25) is 14.5 Å². The van der Waals surface area contributed by atoms with Crippen molar-refractivity contribution in [3.63, 3.8) is 0 Å². The lowest BCUT2D eigenvalue weighted by Gasteiger charge is -2.29. The molecule has 0 aliphatic carbocycles. The van der Waals surface area contributed by atoms with Crippen LogP contribution in [0.1, 0.15) is 23.6 Å². The van der Waals surface area contributed by atoms with Gasteiger partial charge in [0.15, 0.2) is 0 Å². The van der Waals surface area contributed by atoms with E-state index in [0.717, 1.165) is 19.6 Å². The summed E-state index contributed by atoms with van der Waals surface area (Å²) in [6.45, 7) is 4.05. The first kappa shape index (κ1) is 22.5. The molecule has 2 aromatic carbocycles. The number of benzene rings is 2. The molecule has 2 saturated heterocycles. The summed E-state index contributed by atoms with van der Waals surface area (Å²) in [5, 5.41) is 11.4. The standard InChI is InChI=1S/C24H24ClFN2O4/c25-18-7-5-16(6-8-18)22(29)20-21(17-3-1-4-19(26)15-17)28(24(31)23(20)30)10-2-9-27-11-13-32-14-12-27/h1,3-8,15,21,29H,2,9-14H2/t21-/m1/s1. The number of carbonyl (C=O) groups excluding carboxylic acids is 2. The van der Waals surface area contributed by atoms with Crippen LogP contribution in [0.5, 0.6) is 0 Å². The molecule has 0 bridgehead atoms. The van der Waals surface area contributed by atoms with Crippen LogP contribution in [0.4, 0.5) is 4.39 Å². The van der Waals surface area contributed by atoms with E-state index in [9.17, 15) is 19.1 Å². The smallest absolute Gasteiger partial charge is 0.295 e. The Hall–Kier alpha value is -2.74. The fraction of sp³-hybridized carbons (Fsp3) is 0.333. The largest absolute Gasteiger partial charge is 0.507 e. The normalized spacial score (nSPS) is 21.3. The number of morpholine rings is 1. The first-order valence-corrected chi connectivity index (χ1v) is 10.9. The van der Waals surface area contributed by atoms with Crippen molar-refractivity contribution in [3.05, 3.63) is 76.1 Å². The number of ketones is 1. The molecule has 0 radical (unpaired) electrons.